The van der Waals surface area contributed by atoms with Gasteiger partial charge >= 0.3 is 0 Å². The maximum absolute atomic E-state index is 10.8. The highest BCUT2D eigenvalue weighted by Crippen LogP contribution is 2.21. The highest BCUT2D eigenvalue weighted by molar-refractivity contribution is 5.44. The van der Waals surface area contributed by atoms with Gasteiger partial charge in [-0.05, 0) is 45.7 Å². The van der Waals surface area contributed by atoms with Crippen LogP contribution in [0.1, 0.15) is 37.8 Å². The molecule has 0 aliphatic carbocycles. The first kappa shape index (κ1) is 16.1. The molecule has 1 rings (SSSR count). The fraction of sp³-hybridized carbons (Fsp3) is 0.533. The summed E-state index contributed by atoms with van der Waals surface area (Å²) >= 11 is 0. The Morgan fingerprint density at radius 1 is 1.45 bits per heavy atom. The van der Waals surface area contributed by atoms with Crippen LogP contribution in [0, 0.1) is 33.8 Å². The van der Waals surface area contributed by atoms with Gasteiger partial charge in [0.15, 0.2) is 0 Å². The molecule has 20 heavy (non-hydrogen) atoms. The van der Waals surface area contributed by atoms with E-state index in [0.29, 0.717) is 12.1 Å². The van der Waals surface area contributed by atoms with E-state index in [2.05, 4.69) is 11.4 Å². The number of hydrogen-bond donors (Lipinski definition) is 1. The Balaban J connectivity index is 2.46. The quantitative estimate of drug-likeness (QED) is 0.470. The van der Waals surface area contributed by atoms with Crippen LogP contribution >= 0.6 is 0 Å². The third-order valence-corrected chi connectivity index (χ3v) is 3.39. The minimum atomic E-state index is -0.353. The number of nitro benzene ring substituents is 1. The van der Waals surface area contributed by atoms with Gasteiger partial charge in [0, 0.05) is 18.2 Å². The molecule has 5 nitrogen and oxygen atoms in total. The molecule has 0 unspecified atom stereocenters. The largest absolute Gasteiger partial charge is 0.313 e. The Morgan fingerprint density at radius 2 is 2.15 bits per heavy atom. The van der Waals surface area contributed by atoms with Gasteiger partial charge in [-0.1, -0.05) is 12.1 Å². The van der Waals surface area contributed by atoms with Crippen molar-refractivity contribution in [2.75, 3.05) is 6.54 Å². The summed E-state index contributed by atoms with van der Waals surface area (Å²) in [5, 5.41) is 23.0. The Bertz CT molecular complexity index is 518. The zero-order valence-electron chi connectivity index (χ0n) is 12.3. The average molecular weight is 275 g/mol. The lowest BCUT2D eigenvalue weighted by molar-refractivity contribution is -0.385. The van der Waals surface area contributed by atoms with E-state index in [9.17, 15) is 10.1 Å². The number of nitro groups is 1. The Kier molecular flexibility index (Phi) is 5.66. The van der Waals surface area contributed by atoms with Crippen LogP contribution in [0.15, 0.2) is 18.2 Å². The van der Waals surface area contributed by atoms with E-state index in [0.717, 1.165) is 24.9 Å². The third-order valence-electron chi connectivity index (χ3n) is 3.39. The molecule has 0 aromatic heterocycles. The molecule has 0 saturated carbocycles. The predicted octanol–water partition coefficient (Wildman–Crippen LogP) is 3.32. The molecule has 108 valence electrons. The molecule has 0 bridgehead atoms. The molecule has 0 aliphatic rings. The number of nitriles is 1. The molecule has 0 spiro atoms. The van der Waals surface area contributed by atoms with Gasteiger partial charge < -0.3 is 5.32 Å². The lowest BCUT2D eigenvalue weighted by atomic mass is 9.90. The van der Waals surface area contributed by atoms with Gasteiger partial charge in [-0.25, -0.2) is 0 Å². The average Bonchev–Trinajstić information content (AvgIpc) is 2.39. The van der Waals surface area contributed by atoms with E-state index in [4.69, 9.17) is 5.26 Å². The molecule has 0 aliphatic heterocycles. The first-order valence-corrected chi connectivity index (χ1v) is 6.72. The lowest BCUT2D eigenvalue weighted by Gasteiger charge is -2.14. The van der Waals surface area contributed by atoms with Crippen LogP contribution < -0.4 is 5.32 Å². The fourth-order valence-corrected chi connectivity index (χ4v) is 1.99. The standard InChI is InChI=1S/C15H21N3O2/c1-12-13(6-4-7-14(12)18(19)20)10-17-9-5-8-15(2,3)11-16/h4,6-7,17H,5,8-10H2,1-3H3. The van der Waals surface area contributed by atoms with Crippen molar-refractivity contribution < 1.29 is 4.92 Å². The molecule has 5 heteroatoms. The van der Waals surface area contributed by atoms with Crippen LogP contribution in [0.4, 0.5) is 5.69 Å². The predicted molar refractivity (Wildman–Crippen MR) is 78.2 cm³/mol. The van der Waals surface area contributed by atoms with Gasteiger partial charge in [0.05, 0.1) is 16.4 Å². The van der Waals surface area contributed by atoms with Crippen molar-refractivity contribution in [3.8, 4) is 6.07 Å². The summed E-state index contributed by atoms with van der Waals surface area (Å²) in [6.45, 7) is 7.04. The van der Waals surface area contributed by atoms with Gasteiger partial charge in [-0.2, -0.15) is 5.26 Å². The Labute approximate surface area is 119 Å². The van der Waals surface area contributed by atoms with Gasteiger partial charge in [0.25, 0.3) is 5.69 Å². The normalized spacial score (nSPS) is 11.1. The van der Waals surface area contributed by atoms with Crippen molar-refractivity contribution >= 4 is 5.69 Å². The fourth-order valence-electron chi connectivity index (χ4n) is 1.99. The highest BCUT2D eigenvalue weighted by Gasteiger charge is 2.15. The maximum Gasteiger partial charge on any atom is 0.272 e. The van der Waals surface area contributed by atoms with E-state index in [1.165, 1.54) is 6.07 Å². The topological polar surface area (TPSA) is 79.0 Å². The number of nitrogens with zero attached hydrogens (tertiary/aromatic N) is 2. The first-order valence-electron chi connectivity index (χ1n) is 6.72. The van der Waals surface area contributed by atoms with Crippen LogP contribution in [-0.4, -0.2) is 11.5 Å². The summed E-state index contributed by atoms with van der Waals surface area (Å²) in [5.74, 6) is 0. The minimum Gasteiger partial charge on any atom is -0.313 e. The smallest absolute Gasteiger partial charge is 0.272 e. The zero-order valence-corrected chi connectivity index (χ0v) is 12.3. The molecule has 1 aromatic carbocycles. The van der Waals surface area contributed by atoms with Crippen LogP contribution in [0.3, 0.4) is 0 Å². The molecule has 1 N–H and O–H groups in total. The van der Waals surface area contributed by atoms with Crippen molar-refractivity contribution in [3.05, 3.63) is 39.4 Å². The van der Waals surface area contributed by atoms with E-state index in [1.807, 2.05) is 19.9 Å². The Morgan fingerprint density at radius 3 is 2.75 bits per heavy atom. The summed E-state index contributed by atoms with van der Waals surface area (Å²) in [4.78, 5) is 10.5. The maximum atomic E-state index is 10.8. The van der Waals surface area contributed by atoms with Gasteiger partial charge in [-0.15, -0.1) is 0 Å². The molecule has 0 atom stereocenters. The van der Waals surface area contributed by atoms with Gasteiger partial charge in [0.1, 0.15) is 0 Å². The second-order valence-electron chi connectivity index (χ2n) is 5.59. The van der Waals surface area contributed by atoms with E-state index >= 15 is 0 Å². The minimum absolute atomic E-state index is 0.162. The number of hydrogen-bond acceptors (Lipinski definition) is 4. The summed E-state index contributed by atoms with van der Waals surface area (Å²) < 4.78 is 0. The van der Waals surface area contributed by atoms with E-state index < -0.39 is 0 Å². The van der Waals surface area contributed by atoms with Crippen molar-refractivity contribution in [3.63, 3.8) is 0 Å². The summed E-state index contributed by atoms with van der Waals surface area (Å²) in [7, 11) is 0. The van der Waals surface area contributed by atoms with Crippen LogP contribution in [-0.2, 0) is 6.54 Å². The van der Waals surface area contributed by atoms with Crippen molar-refractivity contribution in [2.24, 2.45) is 5.41 Å². The SMILES string of the molecule is Cc1c(CNCCCC(C)(C)C#N)cccc1[N+](=O)[O-]. The lowest BCUT2D eigenvalue weighted by Crippen LogP contribution is -2.18. The van der Waals surface area contributed by atoms with Crippen LogP contribution in [0.5, 0.6) is 0 Å². The van der Waals surface area contributed by atoms with Gasteiger partial charge in [0.2, 0.25) is 0 Å². The summed E-state index contributed by atoms with van der Waals surface area (Å²) in [5.41, 5.74) is 1.53. The second kappa shape index (κ2) is 7.01. The number of nitrogens with one attached hydrogen (secondary N) is 1. The molecule has 0 fully saturated rings. The molecule has 0 amide bonds. The summed E-state index contributed by atoms with van der Waals surface area (Å²) in [6.07, 6.45) is 1.75. The summed E-state index contributed by atoms with van der Waals surface area (Å²) in [6, 6.07) is 7.40. The zero-order chi connectivity index (χ0) is 15.2. The third kappa shape index (κ3) is 4.63. The molecular weight excluding hydrogens is 254 g/mol. The first-order chi connectivity index (χ1) is 9.37. The van der Waals surface area contributed by atoms with Crippen LogP contribution in [0.25, 0.3) is 0 Å². The van der Waals surface area contributed by atoms with Crippen molar-refractivity contribution in [1.29, 1.82) is 5.26 Å². The van der Waals surface area contributed by atoms with Crippen molar-refractivity contribution in [1.82, 2.24) is 5.32 Å². The van der Waals surface area contributed by atoms with E-state index in [1.54, 1.807) is 13.0 Å². The molecular formula is C15H21N3O2. The second-order valence-corrected chi connectivity index (χ2v) is 5.59. The molecule has 0 saturated heterocycles. The van der Waals surface area contributed by atoms with Gasteiger partial charge in [-0.3, -0.25) is 10.1 Å². The molecule has 0 heterocycles. The molecule has 0 radical (unpaired) electrons. The molecule has 1 aromatic rings. The van der Waals surface area contributed by atoms with E-state index in [-0.39, 0.29) is 16.0 Å². The Hall–Kier alpha value is -1.93. The number of benzene rings is 1. The van der Waals surface area contributed by atoms with Crippen LogP contribution in [0.2, 0.25) is 0 Å². The number of rotatable bonds is 7. The van der Waals surface area contributed by atoms with Crippen molar-refractivity contribution in [2.45, 2.75) is 40.2 Å². The highest BCUT2D eigenvalue weighted by atomic mass is 16.6. The monoisotopic (exact) mass is 275 g/mol.